The summed E-state index contributed by atoms with van der Waals surface area (Å²) >= 11 is 4.94. The van der Waals surface area contributed by atoms with Crippen LogP contribution in [-0.4, -0.2) is 37.3 Å². The molecular weight excluding hydrogens is 276 g/mol. The summed E-state index contributed by atoms with van der Waals surface area (Å²) in [6.45, 7) is 3.98. The van der Waals surface area contributed by atoms with Crippen molar-refractivity contribution >= 4 is 28.8 Å². The van der Waals surface area contributed by atoms with Gasteiger partial charge in [-0.25, -0.2) is 0 Å². The fourth-order valence-corrected chi connectivity index (χ4v) is 1.73. The van der Waals surface area contributed by atoms with Gasteiger partial charge in [-0.05, 0) is 19.1 Å². The second-order valence-electron chi connectivity index (χ2n) is 4.02. The van der Waals surface area contributed by atoms with Crippen LogP contribution in [-0.2, 0) is 14.3 Å². The Hall–Kier alpha value is -1.50. The van der Waals surface area contributed by atoms with Crippen LogP contribution >= 0.6 is 12.2 Å². The summed E-state index contributed by atoms with van der Waals surface area (Å²) in [5.74, 6) is -0.134. The number of hydrogen-bond acceptors (Lipinski definition) is 4. The van der Waals surface area contributed by atoms with Crippen molar-refractivity contribution in [2.24, 2.45) is 5.73 Å². The molecule has 1 aromatic carbocycles. The van der Waals surface area contributed by atoms with E-state index >= 15 is 0 Å². The molecule has 0 atom stereocenters. The van der Waals surface area contributed by atoms with Crippen LogP contribution in [0.4, 0.5) is 5.69 Å². The summed E-state index contributed by atoms with van der Waals surface area (Å²) in [5, 5.41) is 2.78. The summed E-state index contributed by atoms with van der Waals surface area (Å²) in [4.78, 5) is 12.0. The molecule has 0 aromatic heterocycles. The van der Waals surface area contributed by atoms with Gasteiger partial charge in [-0.1, -0.05) is 24.4 Å². The lowest BCUT2D eigenvalue weighted by molar-refractivity contribution is -0.117. The molecule has 0 unspecified atom stereocenters. The Bertz CT molecular complexity index is 452. The first-order valence-electron chi connectivity index (χ1n) is 6.49. The van der Waals surface area contributed by atoms with E-state index in [0.29, 0.717) is 37.7 Å². The lowest BCUT2D eigenvalue weighted by Gasteiger charge is -2.10. The van der Waals surface area contributed by atoms with Crippen LogP contribution in [0.2, 0.25) is 0 Å². The van der Waals surface area contributed by atoms with Crippen molar-refractivity contribution in [2.45, 2.75) is 13.3 Å². The van der Waals surface area contributed by atoms with Crippen molar-refractivity contribution < 1.29 is 14.3 Å². The van der Waals surface area contributed by atoms with Crippen molar-refractivity contribution in [1.29, 1.82) is 0 Å². The number of carbonyl (C=O) groups is 1. The highest BCUT2D eigenvalue weighted by molar-refractivity contribution is 7.80. The van der Waals surface area contributed by atoms with Crippen LogP contribution in [0.1, 0.15) is 18.9 Å². The van der Waals surface area contributed by atoms with Gasteiger partial charge in [0.25, 0.3) is 0 Å². The summed E-state index contributed by atoms with van der Waals surface area (Å²) in [6, 6.07) is 7.18. The number of hydrogen-bond donors (Lipinski definition) is 2. The largest absolute Gasteiger partial charge is 0.389 e. The molecule has 0 bridgehead atoms. The van der Waals surface area contributed by atoms with Gasteiger partial charge in [0.15, 0.2) is 0 Å². The highest BCUT2D eigenvalue weighted by Gasteiger charge is 2.08. The van der Waals surface area contributed by atoms with Gasteiger partial charge < -0.3 is 20.5 Å². The van der Waals surface area contributed by atoms with Gasteiger partial charge in [0.05, 0.1) is 31.9 Å². The van der Waals surface area contributed by atoms with Crippen LogP contribution in [0.25, 0.3) is 0 Å². The number of ether oxygens (including phenoxy) is 2. The fourth-order valence-electron chi connectivity index (χ4n) is 1.55. The normalized spacial score (nSPS) is 10.2. The summed E-state index contributed by atoms with van der Waals surface area (Å²) in [5.41, 5.74) is 6.88. The van der Waals surface area contributed by atoms with Crippen LogP contribution < -0.4 is 11.1 Å². The van der Waals surface area contributed by atoms with Gasteiger partial charge in [0.2, 0.25) is 5.91 Å². The summed E-state index contributed by atoms with van der Waals surface area (Å²) in [7, 11) is 0. The SMILES string of the molecule is CCOCCOCCC(=O)Nc1ccccc1C(N)=S. The molecule has 1 aromatic rings. The molecule has 0 saturated carbocycles. The zero-order chi connectivity index (χ0) is 14.8. The molecule has 1 amide bonds. The zero-order valence-electron chi connectivity index (χ0n) is 11.6. The van der Waals surface area contributed by atoms with Gasteiger partial charge in [0, 0.05) is 12.2 Å². The number of nitrogens with one attached hydrogen (secondary N) is 1. The number of thiocarbonyl (C=S) groups is 1. The van der Waals surface area contributed by atoms with E-state index in [1.54, 1.807) is 12.1 Å². The minimum Gasteiger partial charge on any atom is -0.389 e. The number of amides is 1. The molecule has 0 radical (unpaired) electrons. The van der Waals surface area contributed by atoms with Gasteiger partial charge in [-0.3, -0.25) is 4.79 Å². The number of benzene rings is 1. The number of anilines is 1. The number of para-hydroxylation sites is 1. The van der Waals surface area contributed by atoms with Crippen LogP contribution in [0, 0.1) is 0 Å². The lowest BCUT2D eigenvalue weighted by atomic mass is 10.1. The van der Waals surface area contributed by atoms with E-state index in [-0.39, 0.29) is 17.3 Å². The van der Waals surface area contributed by atoms with Crippen molar-refractivity contribution in [3.05, 3.63) is 29.8 Å². The predicted molar refractivity (Wildman–Crippen MR) is 82.9 cm³/mol. The first-order valence-corrected chi connectivity index (χ1v) is 6.90. The molecule has 0 aliphatic rings. The van der Waals surface area contributed by atoms with E-state index in [1.807, 2.05) is 19.1 Å². The van der Waals surface area contributed by atoms with Crippen LogP contribution in [0.5, 0.6) is 0 Å². The Morgan fingerprint density at radius 1 is 1.25 bits per heavy atom. The average Bonchev–Trinajstić information content (AvgIpc) is 2.43. The minimum absolute atomic E-state index is 0.134. The molecule has 0 aliphatic heterocycles. The van der Waals surface area contributed by atoms with Crippen molar-refractivity contribution in [3.8, 4) is 0 Å². The number of rotatable bonds is 9. The van der Waals surface area contributed by atoms with E-state index < -0.39 is 0 Å². The maximum absolute atomic E-state index is 11.8. The first-order chi connectivity index (χ1) is 9.65. The maximum atomic E-state index is 11.8. The standard InChI is InChI=1S/C14H20N2O3S/c1-2-18-9-10-19-8-7-13(17)16-12-6-4-3-5-11(12)14(15)20/h3-6H,2,7-10H2,1H3,(H2,15,20)(H,16,17). The highest BCUT2D eigenvalue weighted by Crippen LogP contribution is 2.14. The second kappa shape index (κ2) is 9.41. The van der Waals surface area contributed by atoms with Crippen molar-refractivity contribution in [2.75, 3.05) is 31.7 Å². The van der Waals surface area contributed by atoms with E-state index in [0.717, 1.165) is 0 Å². The molecule has 0 heterocycles. The first kappa shape index (κ1) is 16.6. The number of carbonyl (C=O) groups excluding carboxylic acids is 1. The highest BCUT2D eigenvalue weighted by atomic mass is 32.1. The molecule has 6 heteroatoms. The minimum atomic E-state index is -0.134. The quantitative estimate of drug-likeness (QED) is 0.536. The Kier molecular flexibility index (Phi) is 7.79. The van der Waals surface area contributed by atoms with Gasteiger partial charge in [0.1, 0.15) is 4.99 Å². The zero-order valence-corrected chi connectivity index (χ0v) is 12.4. The predicted octanol–water partition coefficient (Wildman–Crippen LogP) is 1.70. The van der Waals surface area contributed by atoms with E-state index in [4.69, 9.17) is 27.4 Å². The number of nitrogens with two attached hydrogens (primary N) is 1. The third kappa shape index (κ3) is 6.10. The smallest absolute Gasteiger partial charge is 0.226 e. The molecule has 3 N–H and O–H groups in total. The molecule has 110 valence electrons. The molecule has 5 nitrogen and oxygen atoms in total. The van der Waals surface area contributed by atoms with Gasteiger partial charge >= 0.3 is 0 Å². The molecule has 0 aliphatic carbocycles. The monoisotopic (exact) mass is 296 g/mol. The molecule has 0 spiro atoms. The topological polar surface area (TPSA) is 73.6 Å². The van der Waals surface area contributed by atoms with E-state index in [9.17, 15) is 4.79 Å². The molecule has 0 saturated heterocycles. The lowest BCUT2D eigenvalue weighted by Crippen LogP contribution is -2.19. The fraction of sp³-hybridized carbons (Fsp3) is 0.429. The second-order valence-corrected chi connectivity index (χ2v) is 4.46. The maximum Gasteiger partial charge on any atom is 0.226 e. The third-order valence-electron chi connectivity index (χ3n) is 2.52. The third-order valence-corrected chi connectivity index (χ3v) is 2.74. The van der Waals surface area contributed by atoms with Gasteiger partial charge in [-0.15, -0.1) is 0 Å². The summed E-state index contributed by atoms with van der Waals surface area (Å²) in [6.07, 6.45) is 0.276. The van der Waals surface area contributed by atoms with Gasteiger partial charge in [-0.2, -0.15) is 0 Å². The Labute approximate surface area is 124 Å². The average molecular weight is 296 g/mol. The van der Waals surface area contributed by atoms with E-state index in [2.05, 4.69) is 5.32 Å². The Morgan fingerprint density at radius 2 is 1.95 bits per heavy atom. The van der Waals surface area contributed by atoms with Crippen molar-refractivity contribution in [1.82, 2.24) is 0 Å². The Balaban J connectivity index is 2.34. The van der Waals surface area contributed by atoms with Crippen LogP contribution in [0.15, 0.2) is 24.3 Å². The Morgan fingerprint density at radius 3 is 2.65 bits per heavy atom. The van der Waals surface area contributed by atoms with Crippen LogP contribution in [0.3, 0.4) is 0 Å². The molecule has 20 heavy (non-hydrogen) atoms. The molecular formula is C14H20N2O3S. The summed E-state index contributed by atoms with van der Waals surface area (Å²) < 4.78 is 10.4. The molecule has 1 rings (SSSR count). The molecule has 0 fully saturated rings. The van der Waals surface area contributed by atoms with Crippen molar-refractivity contribution in [3.63, 3.8) is 0 Å². The van der Waals surface area contributed by atoms with E-state index in [1.165, 1.54) is 0 Å².